The van der Waals surface area contributed by atoms with Gasteiger partial charge in [-0.05, 0) is 40.5 Å². The van der Waals surface area contributed by atoms with Crippen LogP contribution < -0.4 is 4.72 Å². The zero-order valence-corrected chi connectivity index (χ0v) is 14.0. The molecule has 0 aliphatic carbocycles. The normalized spacial score (nSPS) is 30.6. The standard InChI is InChI=1S/C14H26N2O4S/c1-10-11(15-21(19)13(2,3)4)14(9-20-10)5-7-16(8-6-14)12(17)18/h10-11,15H,5-9H2,1-4H3,(H,17,18)/t10-,11-,21?/m1/s1. The Hall–Kier alpha value is -0.500. The Bertz CT molecular complexity index is 391. The number of amides is 1. The molecule has 1 unspecified atom stereocenters. The van der Waals surface area contributed by atoms with E-state index in [2.05, 4.69) is 4.72 Å². The fourth-order valence-electron chi connectivity index (χ4n) is 3.09. The first-order valence-corrected chi connectivity index (χ1v) is 8.58. The van der Waals surface area contributed by atoms with Gasteiger partial charge in [-0.15, -0.1) is 4.72 Å². The molecule has 2 aliphatic heterocycles. The molecule has 0 saturated carbocycles. The molecule has 7 heteroatoms. The average Bonchev–Trinajstić information content (AvgIpc) is 2.68. The first-order valence-electron chi connectivity index (χ1n) is 7.43. The summed E-state index contributed by atoms with van der Waals surface area (Å²) in [6.07, 6.45) is 0.637. The second kappa shape index (κ2) is 5.95. The second-order valence-corrected chi connectivity index (χ2v) is 9.12. The predicted octanol–water partition coefficient (Wildman–Crippen LogP) is 1.59. The third-order valence-corrected chi connectivity index (χ3v) is 6.16. The number of hydrogen-bond donors (Lipinski definition) is 2. The van der Waals surface area contributed by atoms with Gasteiger partial charge in [0.1, 0.15) is 4.75 Å². The third kappa shape index (κ3) is 3.47. The lowest BCUT2D eigenvalue weighted by Crippen LogP contribution is -2.57. The van der Waals surface area contributed by atoms with Crippen LogP contribution in [0.5, 0.6) is 0 Å². The number of rotatable bonds is 2. The molecular weight excluding hydrogens is 292 g/mol. The number of likely N-dealkylation sites (tertiary alicyclic amines) is 1. The second-order valence-electron chi connectivity index (χ2n) is 7.12. The fraction of sp³-hybridized carbons (Fsp3) is 0.929. The molecule has 2 saturated heterocycles. The van der Waals surface area contributed by atoms with Gasteiger partial charge >= 0.3 is 6.09 Å². The van der Waals surface area contributed by atoms with Crippen molar-refractivity contribution in [2.45, 2.75) is 57.4 Å². The lowest BCUT2D eigenvalue weighted by atomic mass is 9.73. The van der Waals surface area contributed by atoms with Crippen LogP contribution in [0.3, 0.4) is 0 Å². The highest BCUT2D eigenvalue weighted by atomic mass is 32.2. The van der Waals surface area contributed by atoms with Gasteiger partial charge < -0.3 is 19.3 Å². The monoisotopic (exact) mass is 318 g/mol. The van der Waals surface area contributed by atoms with E-state index >= 15 is 0 Å². The highest BCUT2D eigenvalue weighted by molar-refractivity contribution is 7.90. The van der Waals surface area contributed by atoms with Crippen molar-refractivity contribution in [3.8, 4) is 0 Å². The molecule has 0 aromatic rings. The fourth-order valence-corrected chi connectivity index (χ4v) is 4.12. The van der Waals surface area contributed by atoms with Gasteiger partial charge in [0.25, 0.3) is 0 Å². The third-order valence-electron chi connectivity index (χ3n) is 4.58. The van der Waals surface area contributed by atoms with Gasteiger partial charge in [0.15, 0.2) is 0 Å². The van der Waals surface area contributed by atoms with Gasteiger partial charge in [0.05, 0.1) is 18.8 Å². The van der Waals surface area contributed by atoms with Crippen molar-refractivity contribution in [1.82, 2.24) is 9.62 Å². The number of ether oxygens (including phenoxy) is 1. The molecule has 0 bridgehead atoms. The molecule has 3 atom stereocenters. The Kier molecular flexibility index (Phi) is 4.78. The zero-order chi connectivity index (χ0) is 15.8. The van der Waals surface area contributed by atoms with Crippen molar-refractivity contribution in [3.05, 3.63) is 0 Å². The van der Waals surface area contributed by atoms with Crippen LogP contribution in [0.25, 0.3) is 0 Å². The number of hydrogen-bond acceptors (Lipinski definition) is 4. The molecule has 0 radical (unpaired) electrons. The van der Waals surface area contributed by atoms with Crippen LogP contribution >= 0.6 is 0 Å². The van der Waals surface area contributed by atoms with Crippen LogP contribution in [0.4, 0.5) is 4.79 Å². The zero-order valence-electron chi connectivity index (χ0n) is 13.2. The Morgan fingerprint density at radius 3 is 2.48 bits per heavy atom. The van der Waals surface area contributed by atoms with Gasteiger partial charge in [-0.3, -0.25) is 0 Å². The molecule has 21 heavy (non-hydrogen) atoms. The molecular formula is C14H26N2O4S. The first kappa shape index (κ1) is 16.9. The number of nitrogens with one attached hydrogen (secondary N) is 1. The molecule has 0 aromatic heterocycles. The Labute approximate surface area is 129 Å². The first-order chi connectivity index (χ1) is 9.66. The summed E-state index contributed by atoms with van der Waals surface area (Å²) in [5, 5.41) is 9.07. The molecule has 1 spiro atoms. The molecule has 2 fully saturated rings. The summed E-state index contributed by atoms with van der Waals surface area (Å²) in [6, 6.07) is 0.00787. The van der Waals surface area contributed by atoms with Crippen molar-refractivity contribution < 1.29 is 19.2 Å². The van der Waals surface area contributed by atoms with Gasteiger partial charge in [-0.2, -0.15) is 0 Å². The minimum atomic E-state index is -1.15. The summed E-state index contributed by atoms with van der Waals surface area (Å²) in [6.45, 7) is 9.47. The minimum Gasteiger partial charge on any atom is -0.598 e. The van der Waals surface area contributed by atoms with Crippen LogP contribution in [-0.2, 0) is 16.1 Å². The number of piperidine rings is 1. The molecule has 2 heterocycles. The summed E-state index contributed by atoms with van der Waals surface area (Å²) < 4.78 is 21.1. The van der Waals surface area contributed by atoms with Gasteiger partial charge in [0, 0.05) is 29.9 Å². The van der Waals surface area contributed by atoms with Gasteiger partial charge in [0.2, 0.25) is 0 Å². The summed E-state index contributed by atoms with van der Waals surface area (Å²) in [4.78, 5) is 12.5. The number of carboxylic acid groups (broad SMARTS) is 1. The smallest absolute Gasteiger partial charge is 0.407 e. The van der Waals surface area contributed by atoms with Crippen molar-refractivity contribution in [2.75, 3.05) is 19.7 Å². The summed E-state index contributed by atoms with van der Waals surface area (Å²) in [5.41, 5.74) is -0.105. The van der Waals surface area contributed by atoms with E-state index in [-0.39, 0.29) is 22.3 Å². The lowest BCUT2D eigenvalue weighted by molar-refractivity contribution is 0.0644. The van der Waals surface area contributed by atoms with E-state index in [0.29, 0.717) is 19.7 Å². The minimum absolute atomic E-state index is 0.00678. The van der Waals surface area contributed by atoms with Gasteiger partial charge in [-0.25, -0.2) is 4.79 Å². The summed E-state index contributed by atoms with van der Waals surface area (Å²) in [5.74, 6) is 0. The maximum atomic E-state index is 12.4. The maximum Gasteiger partial charge on any atom is 0.407 e. The van der Waals surface area contributed by atoms with E-state index in [9.17, 15) is 9.35 Å². The molecule has 2 rings (SSSR count). The highest BCUT2D eigenvalue weighted by Gasteiger charge is 2.52. The summed E-state index contributed by atoms with van der Waals surface area (Å²) >= 11 is -1.15. The van der Waals surface area contributed by atoms with Crippen LogP contribution in [0.15, 0.2) is 0 Å². The summed E-state index contributed by atoms with van der Waals surface area (Å²) in [7, 11) is 0. The number of carbonyl (C=O) groups is 1. The predicted molar refractivity (Wildman–Crippen MR) is 81.5 cm³/mol. The molecule has 2 N–H and O–H groups in total. The van der Waals surface area contributed by atoms with E-state index in [1.54, 1.807) is 0 Å². The lowest BCUT2D eigenvalue weighted by Gasteiger charge is -2.42. The van der Waals surface area contributed by atoms with Crippen LogP contribution in [0.1, 0.15) is 40.5 Å². The molecule has 0 aromatic carbocycles. The molecule has 122 valence electrons. The Morgan fingerprint density at radius 1 is 1.43 bits per heavy atom. The van der Waals surface area contributed by atoms with E-state index in [0.717, 1.165) is 12.8 Å². The average molecular weight is 318 g/mol. The van der Waals surface area contributed by atoms with E-state index in [4.69, 9.17) is 9.84 Å². The van der Waals surface area contributed by atoms with Crippen LogP contribution in [0, 0.1) is 5.41 Å². The topological polar surface area (TPSA) is 84.9 Å². The van der Waals surface area contributed by atoms with Crippen LogP contribution in [-0.4, -0.2) is 57.2 Å². The quantitative estimate of drug-likeness (QED) is 0.755. The van der Waals surface area contributed by atoms with E-state index in [1.165, 1.54) is 4.90 Å². The highest BCUT2D eigenvalue weighted by Crippen LogP contribution is 2.42. The van der Waals surface area contributed by atoms with Crippen molar-refractivity contribution >= 4 is 17.5 Å². The van der Waals surface area contributed by atoms with Crippen molar-refractivity contribution in [1.29, 1.82) is 0 Å². The van der Waals surface area contributed by atoms with Crippen LogP contribution in [0.2, 0.25) is 0 Å². The molecule has 2 aliphatic rings. The molecule has 1 amide bonds. The van der Waals surface area contributed by atoms with Gasteiger partial charge in [-0.1, -0.05) is 0 Å². The van der Waals surface area contributed by atoms with Crippen molar-refractivity contribution in [3.63, 3.8) is 0 Å². The van der Waals surface area contributed by atoms with Crippen molar-refractivity contribution in [2.24, 2.45) is 5.41 Å². The Balaban J connectivity index is 2.07. The number of nitrogens with zero attached hydrogens (tertiary/aromatic N) is 1. The Morgan fingerprint density at radius 2 is 2.00 bits per heavy atom. The van der Waals surface area contributed by atoms with E-state index in [1.807, 2.05) is 27.7 Å². The van der Waals surface area contributed by atoms with E-state index < -0.39 is 17.5 Å². The largest absolute Gasteiger partial charge is 0.598 e. The SMILES string of the molecule is C[C@H]1OCC2(CCN(C(=O)O)CC2)[C@@H]1N[S+]([O-])C(C)(C)C. The molecule has 6 nitrogen and oxygen atoms in total. The maximum absolute atomic E-state index is 12.4.